The highest BCUT2D eigenvalue weighted by Crippen LogP contribution is 2.25. The summed E-state index contributed by atoms with van der Waals surface area (Å²) in [6.45, 7) is 0.243. The molecular formula is C10H8Cl2N2O2. The number of rotatable bonds is 2. The van der Waals surface area contributed by atoms with Gasteiger partial charge >= 0.3 is 5.97 Å². The van der Waals surface area contributed by atoms with Gasteiger partial charge in [-0.25, -0.2) is 0 Å². The lowest BCUT2D eigenvalue weighted by molar-refractivity contribution is -0.137. The van der Waals surface area contributed by atoms with Crippen LogP contribution in [-0.2, 0) is 9.53 Å². The maximum absolute atomic E-state index is 10.8. The summed E-state index contributed by atoms with van der Waals surface area (Å²) in [5.41, 5.74) is 4.16. The van der Waals surface area contributed by atoms with Gasteiger partial charge in [-0.15, -0.1) is 0 Å². The second kappa shape index (κ2) is 4.72. The maximum Gasteiger partial charge on any atom is 0.312 e. The quantitative estimate of drug-likeness (QED) is 0.656. The molecule has 1 saturated heterocycles. The molecule has 0 aliphatic carbocycles. The third-order valence-corrected chi connectivity index (χ3v) is 2.75. The summed E-state index contributed by atoms with van der Waals surface area (Å²) >= 11 is 11.6. The molecule has 1 aliphatic heterocycles. The van der Waals surface area contributed by atoms with Crippen molar-refractivity contribution in [3.63, 3.8) is 0 Å². The van der Waals surface area contributed by atoms with Crippen molar-refractivity contribution in [2.75, 3.05) is 12.0 Å². The van der Waals surface area contributed by atoms with Gasteiger partial charge in [0.2, 0.25) is 0 Å². The number of anilines is 1. The molecule has 0 saturated carbocycles. The Kier molecular flexibility index (Phi) is 3.31. The Labute approximate surface area is 102 Å². The van der Waals surface area contributed by atoms with Gasteiger partial charge in [-0.2, -0.15) is 5.10 Å². The Morgan fingerprint density at radius 2 is 2.12 bits per heavy atom. The number of benzene rings is 1. The van der Waals surface area contributed by atoms with Crippen molar-refractivity contribution in [1.82, 2.24) is 0 Å². The van der Waals surface area contributed by atoms with Gasteiger partial charge in [-0.3, -0.25) is 10.2 Å². The first-order valence-electron chi connectivity index (χ1n) is 4.57. The van der Waals surface area contributed by atoms with E-state index in [0.717, 1.165) is 0 Å². The van der Waals surface area contributed by atoms with Crippen LogP contribution in [0.1, 0.15) is 6.42 Å². The van der Waals surface area contributed by atoms with E-state index in [-0.39, 0.29) is 19.0 Å². The standard InChI is InChI=1S/C10H8Cl2N2O2/c11-8-2-1-6(3-9(8)12)13-14-7-4-10(15)16-5-7/h1-3,13H,4-5H2. The van der Waals surface area contributed by atoms with E-state index in [1.54, 1.807) is 18.2 Å². The van der Waals surface area contributed by atoms with Crippen molar-refractivity contribution < 1.29 is 9.53 Å². The Bertz CT molecular complexity index is 460. The minimum Gasteiger partial charge on any atom is -0.459 e. The van der Waals surface area contributed by atoms with Crippen LogP contribution in [0.5, 0.6) is 0 Å². The van der Waals surface area contributed by atoms with E-state index in [9.17, 15) is 4.79 Å². The zero-order chi connectivity index (χ0) is 11.5. The SMILES string of the molecule is O=C1CC(=NNc2ccc(Cl)c(Cl)c2)CO1. The van der Waals surface area contributed by atoms with Crippen LogP contribution in [0.15, 0.2) is 23.3 Å². The number of hydrazone groups is 1. The lowest BCUT2D eigenvalue weighted by Crippen LogP contribution is -2.01. The molecule has 0 aromatic heterocycles. The molecular weight excluding hydrogens is 251 g/mol. The highest BCUT2D eigenvalue weighted by atomic mass is 35.5. The largest absolute Gasteiger partial charge is 0.459 e. The minimum atomic E-state index is -0.255. The van der Waals surface area contributed by atoms with Crippen molar-refractivity contribution in [2.24, 2.45) is 5.10 Å². The fourth-order valence-electron chi connectivity index (χ4n) is 1.21. The van der Waals surface area contributed by atoms with Crippen molar-refractivity contribution in [1.29, 1.82) is 0 Å². The van der Waals surface area contributed by atoms with Crippen LogP contribution in [0.25, 0.3) is 0 Å². The first-order chi connectivity index (χ1) is 7.65. The van der Waals surface area contributed by atoms with Gasteiger partial charge in [-0.05, 0) is 18.2 Å². The zero-order valence-corrected chi connectivity index (χ0v) is 9.68. The zero-order valence-electron chi connectivity index (χ0n) is 8.17. The van der Waals surface area contributed by atoms with Crippen molar-refractivity contribution >= 4 is 40.6 Å². The summed E-state index contributed by atoms with van der Waals surface area (Å²) in [4.78, 5) is 10.8. The molecule has 2 rings (SSSR count). The first-order valence-corrected chi connectivity index (χ1v) is 5.33. The molecule has 0 bridgehead atoms. The van der Waals surface area contributed by atoms with Gasteiger partial charge in [0.1, 0.15) is 6.61 Å². The summed E-state index contributed by atoms with van der Waals surface area (Å²) in [6, 6.07) is 5.07. The topological polar surface area (TPSA) is 50.7 Å². The fraction of sp³-hybridized carbons (Fsp3) is 0.200. The number of nitrogens with one attached hydrogen (secondary N) is 1. The summed E-state index contributed by atoms with van der Waals surface area (Å²) in [7, 11) is 0. The number of ether oxygens (including phenoxy) is 1. The van der Waals surface area contributed by atoms with Gasteiger partial charge in [0.25, 0.3) is 0 Å². The maximum atomic E-state index is 10.8. The van der Waals surface area contributed by atoms with Crippen molar-refractivity contribution in [3.8, 4) is 0 Å². The van der Waals surface area contributed by atoms with Gasteiger partial charge in [-0.1, -0.05) is 23.2 Å². The van der Waals surface area contributed by atoms with Crippen LogP contribution in [-0.4, -0.2) is 18.3 Å². The van der Waals surface area contributed by atoms with Crippen LogP contribution >= 0.6 is 23.2 Å². The van der Waals surface area contributed by atoms with Crippen LogP contribution in [0, 0.1) is 0 Å². The summed E-state index contributed by atoms with van der Waals surface area (Å²) in [5, 5.41) is 4.97. The summed E-state index contributed by atoms with van der Waals surface area (Å²) < 4.78 is 4.74. The van der Waals surface area contributed by atoms with E-state index in [2.05, 4.69) is 10.5 Å². The van der Waals surface area contributed by atoms with Gasteiger partial charge in [0.15, 0.2) is 0 Å². The molecule has 1 N–H and O–H groups in total. The molecule has 0 atom stereocenters. The Morgan fingerprint density at radius 3 is 2.75 bits per heavy atom. The lowest BCUT2D eigenvalue weighted by Gasteiger charge is -2.02. The Morgan fingerprint density at radius 1 is 1.31 bits per heavy atom. The monoisotopic (exact) mass is 258 g/mol. The third-order valence-electron chi connectivity index (χ3n) is 2.01. The molecule has 84 valence electrons. The smallest absolute Gasteiger partial charge is 0.312 e. The Hall–Kier alpha value is -1.26. The third kappa shape index (κ3) is 2.65. The molecule has 0 spiro atoms. The molecule has 1 aromatic carbocycles. The number of hydrogen-bond acceptors (Lipinski definition) is 4. The molecule has 4 nitrogen and oxygen atoms in total. The lowest BCUT2D eigenvalue weighted by atomic mass is 10.3. The molecule has 16 heavy (non-hydrogen) atoms. The molecule has 1 fully saturated rings. The number of esters is 1. The number of carbonyl (C=O) groups excluding carboxylic acids is 1. The van der Waals surface area contributed by atoms with Crippen LogP contribution in [0.2, 0.25) is 10.0 Å². The second-order valence-electron chi connectivity index (χ2n) is 3.26. The van der Waals surface area contributed by atoms with E-state index in [1.807, 2.05) is 0 Å². The molecule has 1 heterocycles. The number of cyclic esters (lactones) is 1. The molecule has 0 radical (unpaired) electrons. The van der Waals surface area contributed by atoms with Gasteiger partial charge in [0, 0.05) is 0 Å². The molecule has 1 aliphatic rings. The number of hydrogen-bond donors (Lipinski definition) is 1. The summed E-state index contributed by atoms with van der Waals surface area (Å²) in [6.07, 6.45) is 0.230. The minimum absolute atomic E-state index is 0.230. The van der Waals surface area contributed by atoms with Gasteiger partial charge in [0.05, 0.1) is 27.9 Å². The normalized spacial score (nSPS) is 17.6. The van der Waals surface area contributed by atoms with E-state index < -0.39 is 0 Å². The predicted molar refractivity (Wildman–Crippen MR) is 63.1 cm³/mol. The molecule has 1 aromatic rings. The van der Waals surface area contributed by atoms with E-state index in [4.69, 9.17) is 27.9 Å². The predicted octanol–water partition coefficient (Wildman–Crippen LogP) is 2.71. The summed E-state index contributed by atoms with van der Waals surface area (Å²) in [5.74, 6) is -0.255. The molecule has 0 unspecified atom stereocenters. The second-order valence-corrected chi connectivity index (χ2v) is 4.07. The fourth-order valence-corrected chi connectivity index (χ4v) is 1.51. The number of nitrogens with zero attached hydrogens (tertiary/aromatic N) is 1. The Balaban J connectivity index is 2.04. The first kappa shape index (κ1) is 11.2. The van der Waals surface area contributed by atoms with Crippen molar-refractivity contribution in [3.05, 3.63) is 28.2 Å². The molecule has 0 amide bonds. The van der Waals surface area contributed by atoms with E-state index in [1.165, 1.54) is 0 Å². The van der Waals surface area contributed by atoms with E-state index in [0.29, 0.717) is 21.4 Å². The van der Waals surface area contributed by atoms with Crippen LogP contribution in [0.3, 0.4) is 0 Å². The molecule has 6 heteroatoms. The van der Waals surface area contributed by atoms with Gasteiger partial charge < -0.3 is 4.74 Å². The van der Waals surface area contributed by atoms with Crippen LogP contribution < -0.4 is 5.43 Å². The van der Waals surface area contributed by atoms with Crippen LogP contribution in [0.4, 0.5) is 5.69 Å². The average molecular weight is 259 g/mol. The average Bonchev–Trinajstić information content (AvgIpc) is 2.66. The number of halogens is 2. The van der Waals surface area contributed by atoms with Crippen molar-refractivity contribution in [2.45, 2.75) is 6.42 Å². The van der Waals surface area contributed by atoms with E-state index >= 15 is 0 Å². The highest BCUT2D eigenvalue weighted by molar-refractivity contribution is 6.42. The highest BCUT2D eigenvalue weighted by Gasteiger charge is 2.18. The number of carbonyl (C=O) groups is 1.